The van der Waals surface area contributed by atoms with Gasteiger partial charge in [-0.25, -0.2) is 13.8 Å². The monoisotopic (exact) mass is 347 g/mol. The van der Waals surface area contributed by atoms with Crippen LogP contribution in [0.2, 0.25) is 0 Å². The summed E-state index contributed by atoms with van der Waals surface area (Å²) in [4.78, 5) is 15.8. The topological polar surface area (TPSA) is 68.0 Å². The minimum Gasteiger partial charge on any atom is -0.325 e. The Morgan fingerprint density at radius 2 is 2.16 bits per heavy atom. The van der Waals surface area contributed by atoms with Crippen LogP contribution in [0.3, 0.4) is 0 Å². The Morgan fingerprint density at radius 1 is 1.42 bits per heavy atom. The Hall–Kier alpha value is -1.38. The van der Waals surface area contributed by atoms with E-state index in [-0.39, 0.29) is 22.4 Å². The summed E-state index contributed by atoms with van der Waals surface area (Å²) in [6.07, 6.45) is 0. The van der Waals surface area contributed by atoms with Crippen molar-refractivity contribution in [1.29, 1.82) is 0 Å². The molecule has 1 heterocycles. The molecule has 1 aromatic heterocycles. The molecule has 0 radical (unpaired) electrons. The van der Waals surface area contributed by atoms with Crippen molar-refractivity contribution >= 4 is 38.9 Å². The Bertz CT molecular complexity index is 632. The van der Waals surface area contributed by atoms with Gasteiger partial charge in [-0.15, -0.1) is 11.3 Å². The summed E-state index contributed by atoms with van der Waals surface area (Å²) in [6.45, 7) is 0.231. The molecule has 0 fully saturated rings. The lowest BCUT2D eigenvalue weighted by Crippen LogP contribution is -2.14. The molecular formula is C11H8BrF2N3OS. The van der Waals surface area contributed by atoms with Gasteiger partial charge in [-0.3, -0.25) is 4.79 Å². The Balaban J connectivity index is 2.21. The highest BCUT2D eigenvalue weighted by molar-refractivity contribution is 9.10. The van der Waals surface area contributed by atoms with Crippen LogP contribution in [-0.4, -0.2) is 10.9 Å². The number of hydrogen-bond donors (Lipinski definition) is 2. The molecule has 0 bridgehead atoms. The van der Waals surface area contributed by atoms with Crippen LogP contribution in [0.1, 0.15) is 15.5 Å². The molecule has 100 valence electrons. The SMILES string of the molecule is NCc1nc(C(=O)Nc2cc(Br)c(F)cc2F)cs1. The number of anilines is 1. The van der Waals surface area contributed by atoms with E-state index >= 15 is 0 Å². The number of amides is 1. The van der Waals surface area contributed by atoms with Crippen LogP contribution in [0.5, 0.6) is 0 Å². The van der Waals surface area contributed by atoms with Gasteiger partial charge in [0.2, 0.25) is 0 Å². The molecule has 4 nitrogen and oxygen atoms in total. The van der Waals surface area contributed by atoms with Crippen LogP contribution in [-0.2, 0) is 6.54 Å². The van der Waals surface area contributed by atoms with Gasteiger partial charge in [0.25, 0.3) is 5.91 Å². The summed E-state index contributed by atoms with van der Waals surface area (Å²) >= 11 is 4.16. The summed E-state index contributed by atoms with van der Waals surface area (Å²) in [7, 11) is 0. The van der Waals surface area contributed by atoms with Crippen LogP contribution >= 0.6 is 27.3 Å². The van der Waals surface area contributed by atoms with E-state index in [1.165, 1.54) is 16.7 Å². The second-order valence-electron chi connectivity index (χ2n) is 3.53. The van der Waals surface area contributed by atoms with E-state index in [0.29, 0.717) is 11.1 Å². The molecule has 1 amide bonds. The molecule has 0 saturated carbocycles. The van der Waals surface area contributed by atoms with Gasteiger partial charge >= 0.3 is 0 Å². The van der Waals surface area contributed by atoms with E-state index in [4.69, 9.17) is 5.73 Å². The van der Waals surface area contributed by atoms with Crippen molar-refractivity contribution in [2.75, 3.05) is 5.32 Å². The molecule has 0 unspecified atom stereocenters. The second kappa shape index (κ2) is 5.72. The van der Waals surface area contributed by atoms with E-state index in [9.17, 15) is 13.6 Å². The van der Waals surface area contributed by atoms with Gasteiger partial charge < -0.3 is 11.1 Å². The van der Waals surface area contributed by atoms with Crippen molar-refractivity contribution < 1.29 is 13.6 Å². The minimum atomic E-state index is -0.858. The van der Waals surface area contributed by atoms with Crippen molar-refractivity contribution in [3.8, 4) is 0 Å². The average molecular weight is 348 g/mol. The van der Waals surface area contributed by atoms with Gasteiger partial charge in [-0.2, -0.15) is 0 Å². The lowest BCUT2D eigenvalue weighted by Gasteiger charge is -2.06. The van der Waals surface area contributed by atoms with Crippen LogP contribution in [0.15, 0.2) is 22.0 Å². The normalized spacial score (nSPS) is 10.5. The third kappa shape index (κ3) is 3.14. The maximum atomic E-state index is 13.5. The zero-order chi connectivity index (χ0) is 14.0. The highest BCUT2D eigenvalue weighted by atomic mass is 79.9. The molecule has 1 aromatic carbocycles. The van der Waals surface area contributed by atoms with Gasteiger partial charge in [0.15, 0.2) is 0 Å². The minimum absolute atomic E-state index is 0.0603. The highest BCUT2D eigenvalue weighted by Crippen LogP contribution is 2.24. The maximum absolute atomic E-state index is 13.5. The molecule has 3 N–H and O–H groups in total. The van der Waals surface area contributed by atoms with Gasteiger partial charge in [-0.05, 0) is 22.0 Å². The lowest BCUT2D eigenvalue weighted by molar-refractivity contribution is 0.102. The first-order chi connectivity index (χ1) is 9.01. The molecule has 8 heteroatoms. The van der Waals surface area contributed by atoms with Crippen molar-refractivity contribution in [3.63, 3.8) is 0 Å². The van der Waals surface area contributed by atoms with Crippen molar-refractivity contribution in [3.05, 3.63) is 44.3 Å². The number of hydrogen-bond acceptors (Lipinski definition) is 4. The number of halogens is 3. The number of nitrogens with one attached hydrogen (secondary N) is 1. The van der Waals surface area contributed by atoms with E-state index < -0.39 is 17.5 Å². The molecule has 0 aliphatic rings. The maximum Gasteiger partial charge on any atom is 0.275 e. The fraction of sp³-hybridized carbons (Fsp3) is 0.0909. The highest BCUT2D eigenvalue weighted by Gasteiger charge is 2.14. The first kappa shape index (κ1) is 14.0. The van der Waals surface area contributed by atoms with Crippen molar-refractivity contribution in [2.45, 2.75) is 6.54 Å². The van der Waals surface area contributed by atoms with Crippen LogP contribution in [0.25, 0.3) is 0 Å². The molecule has 0 saturated heterocycles. The third-order valence-corrected chi connectivity index (χ3v) is 3.70. The first-order valence-electron chi connectivity index (χ1n) is 5.11. The summed E-state index contributed by atoms with van der Waals surface area (Å²) < 4.78 is 26.6. The number of rotatable bonds is 3. The number of nitrogens with zero attached hydrogens (tertiary/aromatic N) is 1. The zero-order valence-corrected chi connectivity index (χ0v) is 11.8. The Morgan fingerprint density at radius 3 is 2.79 bits per heavy atom. The summed E-state index contributed by atoms with van der Waals surface area (Å²) in [5.74, 6) is -2.17. The quantitative estimate of drug-likeness (QED) is 0.839. The predicted octanol–water partition coefficient (Wildman–Crippen LogP) is 2.89. The van der Waals surface area contributed by atoms with Gasteiger partial charge in [0.1, 0.15) is 22.3 Å². The summed E-state index contributed by atoms with van der Waals surface area (Å²) in [5.41, 5.74) is 5.40. The molecule has 0 aliphatic carbocycles. The smallest absolute Gasteiger partial charge is 0.275 e. The fourth-order valence-electron chi connectivity index (χ4n) is 1.31. The first-order valence-corrected chi connectivity index (χ1v) is 6.79. The number of carbonyl (C=O) groups is 1. The number of nitrogens with two attached hydrogens (primary N) is 1. The number of carbonyl (C=O) groups excluding carboxylic acids is 1. The molecule has 2 rings (SSSR count). The van der Waals surface area contributed by atoms with Crippen molar-refractivity contribution in [1.82, 2.24) is 4.98 Å². The zero-order valence-electron chi connectivity index (χ0n) is 9.41. The number of thiazole rings is 1. The largest absolute Gasteiger partial charge is 0.325 e. The fourth-order valence-corrected chi connectivity index (χ4v) is 2.31. The van der Waals surface area contributed by atoms with Gasteiger partial charge in [0, 0.05) is 18.0 Å². The van der Waals surface area contributed by atoms with Crippen LogP contribution < -0.4 is 11.1 Å². The molecule has 0 aliphatic heterocycles. The Kier molecular flexibility index (Phi) is 4.23. The third-order valence-electron chi connectivity index (χ3n) is 2.22. The van der Waals surface area contributed by atoms with E-state index in [0.717, 1.165) is 6.07 Å². The molecule has 2 aromatic rings. The summed E-state index contributed by atoms with van der Waals surface area (Å²) in [5, 5.41) is 4.45. The van der Waals surface area contributed by atoms with Gasteiger partial charge in [-0.1, -0.05) is 0 Å². The summed E-state index contributed by atoms with van der Waals surface area (Å²) in [6, 6.07) is 1.84. The average Bonchev–Trinajstić information content (AvgIpc) is 2.84. The second-order valence-corrected chi connectivity index (χ2v) is 5.33. The van der Waals surface area contributed by atoms with Crippen LogP contribution in [0, 0.1) is 11.6 Å². The number of aromatic nitrogens is 1. The van der Waals surface area contributed by atoms with Crippen molar-refractivity contribution in [2.24, 2.45) is 5.73 Å². The van der Waals surface area contributed by atoms with E-state index in [1.807, 2.05) is 0 Å². The van der Waals surface area contributed by atoms with E-state index in [1.54, 1.807) is 0 Å². The van der Waals surface area contributed by atoms with Gasteiger partial charge in [0.05, 0.1) is 10.2 Å². The lowest BCUT2D eigenvalue weighted by atomic mass is 10.3. The Labute approximate surface area is 119 Å². The van der Waals surface area contributed by atoms with E-state index in [2.05, 4.69) is 26.2 Å². The molecular weight excluding hydrogens is 340 g/mol. The predicted molar refractivity (Wildman–Crippen MR) is 72.0 cm³/mol. The molecule has 0 atom stereocenters. The molecule has 19 heavy (non-hydrogen) atoms. The van der Waals surface area contributed by atoms with Crippen LogP contribution in [0.4, 0.5) is 14.5 Å². The standard InChI is InChI=1S/C11H8BrF2N3OS/c12-5-1-8(7(14)2-6(5)13)17-11(18)9-4-19-10(3-15)16-9/h1-2,4H,3,15H2,(H,17,18). The molecule has 0 spiro atoms. The number of benzene rings is 1.